The van der Waals surface area contributed by atoms with Crippen LogP contribution in [0.4, 0.5) is 0 Å². The van der Waals surface area contributed by atoms with Gasteiger partial charge in [0.1, 0.15) is 0 Å². The molecule has 1 aromatic rings. The molecule has 1 saturated heterocycles. The Morgan fingerprint density at radius 1 is 1.28 bits per heavy atom. The third-order valence-corrected chi connectivity index (χ3v) is 5.18. The number of hydrogen-bond donors (Lipinski definition) is 3. The van der Waals surface area contributed by atoms with Crippen LogP contribution in [0.25, 0.3) is 0 Å². The minimum absolute atomic E-state index is 0.341. The maximum atomic E-state index is 10.8. The summed E-state index contributed by atoms with van der Waals surface area (Å²) >= 11 is 0. The lowest BCUT2D eigenvalue weighted by Gasteiger charge is -2.33. The van der Waals surface area contributed by atoms with Gasteiger partial charge in [-0.25, -0.2) is 0 Å². The highest BCUT2D eigenvalue weighted by Crippen LogP contribution is 2.09. The van der Waals surface area contributed by atoms with E-state index in [1.807, 2.05) is 19.9 Å². The molecular formula is C22H39N5O2. The summed E-state index contributed by atoms with van der Waals surface area (Å²) < 4.78 is 5.38. The van der Waals surface area contributed by atoms with E-state index in [2.05, 4.69) is 63.7 Å². The number of aliphatic hydroxyl groups is 1. The minimum atomic E-state index is -0.866. The van der Waals surface area contributed by atoms with Crippen LogP contribution in [0.2, 0.25) is 0 Å². The number of guanidine groups is 1. The lowest BCUT2D eigenvalue weighted by Crippen LogP contribution is -2.49. The molecule has 1 aliphatic heterocycles. The molecule has 2 atom stereocenters. The van der Waals surface area contributed by atoms with Crippen LogP contribution in [0.15, 0.2) is 35.3 Å². The molecule has 0 radical (unpaired) electrons. The standard InChI is InChI=1S/C22H39N5O2/c1-5-23-21(25-17-22(3,28)18-27-11-13-29-14-12-27)24-15-19(2)26(4)16-20-9-7-6-8-10-20/h6-10,19,28H,5,11-18H2,1-4H3,(H2,23,24,25). The van der Waals surface area contributed by atoms with Crippen molar-refractivity contribution in [2.24, 2.45) is 4.99 Å². The number of likely N-dealkylation sites (N-methyl/N-ethyl adjacent to an activating group) is 1. The minimum Gasteiger partial charge on any atom is -0.387 e. The van der Waals surface area contributed by atoms with Gasteiger partial charge in [-0.15, -0.1) is 0 Å². The number of aliphatic imine (C=N–C) groups is 1. The molecule has 3 N–H and O–H groups in total. The highest BCUT2D eigenvalue weighted by atomic mass is 16.5. The molecule has 0 saturated carbocycles. The average Bonchev–Trinajstić information content (AvgIpc) is 2.71. The van der Waals surface area contributed by atoms with E-state index < -0.39 is 5.60 Å². The van der Waals surface area contributed by atoms with E-state index in [0.717, 1.165) is 51.9 Å². The molecule has 1 aromatic carbocycles. The van der Waals surface area contributed by atoms with E-state index in [9.17, 15) is 5.11 Å². The van der Waals surface area contributed by atoms with Crippen LogP contribution in [0.3, 0.4) is 0 Å². The lowest BCUT2D eigenvalue weighted by atomic mass is 10.1. The molecule has 7 heteroatoms. The van der Waals surface area contributed by atoms with Crippen LogP contribution >= 0.6 is 0 Å². The van der Waals surface area contributed by atoms with Crippen molar-refractivity contribution >= 4 is 5.96 Å². The van der Waals surface area contributed by atoms with E-state index in [1.54, 1.807) is 0 Å². The van der Waals surface area contributed by atoms with Crippen molar-refractivity contribution in [3.8, 4) is 0 Å². The molecule has 0 aromatic heterocycles. The fourth-order valence-corrected chi connectivity index (χ4v) is 3.31. The molecular weight excluding hydrogens is 366 g/mol. The first-order valence-corrected chi connectivity index (χ1v) is 10.7. The second-order valence-electron chi connectivity index (χ2n) is 8.21. The van der Waals surface area contributed by atoms with Crippen LogP contribution in [-0.4, -0.2) is 92.0 Å². The number of benzene rings is 1. The van der Waals surface area contributed by atoms with Gasteiger partial charge in [0, 0.05) is 45.3 Å². The van der Waals surface area contributed by atoms with Gasteiger partial charge < -0.3 is 20.5 Å². The number of rotatable bonds is 10. The molecule has 1 heterocycles. The summed E-state index contributed by atoms with van der Waals surface area (Å²) in [7, 11) is 2.14. The molecule has 1 fully saturated rings. The van der Waals surface area contributed by atoms with Crippen LogP contribution in [0.1, 0.15) is 26.3 Å². The molecule has 29 heavy (non-hydrogen) atoms. The Balaban J connectivity index is 1.82. The number of nitrogens with one attached hydrogen (secondary N) is 2. The van der Waals surface area contributed by atoms with Gasteiger partial charge >= 0.3 is 0 Å². The van der Waals surface area contributed by atoms with Gasteiger partial charge in [-0.05, 0) is 33.4 Å². The molecule has 7 nitrogen and oxygen atoms in total. The Labute approximate surface area is 176 Å². The van der Waals surface area contributed by atoms with Crippen molar-refractivity contribution in [3.63, 3.8) is 0 Å². The SMILES string of the molecule is CCNC(=NCC(C)(O)CN1CCOCC1)NCC(C)N(C)Cc1ccccc1. The van der Waals surface area contributed by atoms with Crippen molar-refractivity contribution < 1.29 is 9.84 Å². The zero-order chi connectivity index (χ0) is 21.1. The van der Waals surface area contributed by atoms with Crippen molar-refractivity contribution in [1.82, 2.24) is 20.4 Å². The highest BCUT2D eigenvalue weighted by molar-refractivity contribution is 5.79. The number of morpholine rings is 1. The summed E-state index contributed by atoms with van der Waals surface area (Å²) in [6, 6.07) is 10.8. The van der Waals surface area contributed by atoms with Gasteiger partial charge in [-0.3, -0.25) is 14.8 Å². The first-order valence-electron chi connectivity index (χ1n) is 10.7. The van der Waals surface area contributed by atoms with Crippen LogP contribution in [0.5, 0.6) is 0 Å². The molecule has 2 rings (SSSR count). The number of ether oxygens (including phenoxy) is 1. The van der Waals surface area contributed by atoms with Crippen molar-refractivity contribution in [1.29, 1.82) is 0 Å². The lowest BCUT2D eigenvalue weighted by molar-refractivity contribution is -0.0180. The Bertz CT molecular complexity index is 602. The topological polar surface area (TPSA) is 72.4 Å². The van der Waals surface area contributed by atoms with E-state index in [0.29, 0.717) is 19.1 Å². The van der Waals surface area contributed by atoms with Gasteiger partial charge in [0.2, 0.25) is 0 Å². The van der Waals surface area contributed by atoms with E-state index in [1.165, 1.54) is 5.56 Å². The predicted octanol–water partition coefficient (Wildman–Crippen LogP) is 1.15. The summed E-state index contributed by atoms with van der Waals surface area (Å²) in [5.74, 6) is 0.745. The van der Waals surface area contributed by atoms with E-state index in [-0.39, 0.29) is 0 Å². The van der Waals surface area contributed by atoms with Crippen molar-refractivity contribution in [3.05, 3.63) is 35.9 Å². The average molecular weight is 406 g/mol. The van der Waals surface area contributed by atoms with Crippen molar-refractivity contribution in [2.45, 2.75) is 39.0 Å². The van der Waals surface area contributed by atoms with Gasteiger partial charge in [0.15, 0.2) is 5.96 Å². The van der Waals surface area contributed by atoms with E-state index in [4.69, 9.17) is 4.74 Å². The van der Waals surface area contributed by atoms with Gasteiger partial charge in [-0.2, -0.15) is 0 Å². The molecule has 0 bridgehead atoms. The molecule has 0 aliphatic carbocycles. The normalized spacial score (nSPS) is 19.0. The zero-order valence-electron chi connectivity index (χ0n) is 18.5. The summed E-state index contributed by atoms with van der Waals surface area (Å²) in [5.41, 5.74) is 0.441. The van der Waals surface area contributed by atoms with Crippen LogP contribution in [0, 0.1) is 0 Å². The third kappa shape index (κ3) is 9.12. The molecule has 0 spiro atoms. The van der Waals surface area contributed by atoms with Crippen LogP contribution in [-0.2, 0) is 11.3 Å². The first-order chi connectivity index (χ1) is 13.9. The molecule has 1 aliphatic rings. The summed E-state index contributed by atoms with van der Waals surface area (Å²) in [4.78, 5) is 9.19. The second kappa shape index (κ2) is 12.1. The monoisotopic (exact) mass is 405 g/mol. The van der Waals surface area contributed by atoms with Crippen LogP contribution < -0.4 is 10.6 Å². The first kappa shape index (κ1) is 23.6. The molecule has 2 unspecified atom stereocenters. The fourth-order valence-electron chi connectivity index (χ4n) is 3.31. The smallest absolute Gasteiger partial charge is 0.191 e. The Kier molecular flexibility index (Phi) is 9.87. The van der Waals surface area contributed by atoms with Crippen molar-refractivity contribution in [2.75, 3.05) is 59.5 Å². The summed E-state index contributed by atoms with van der Waals surface area (Å²) in [5, 5.41) is 17.5. The number of β-amino-alcohol motifs (C(OH)–C–C–N with tert-alkyl or cyclic N) is 1. The summed E-state index contributed by atoms with van der Waals surface area (Å²) in [6.45, 7) is 12.7. The van der Waals surface area contributed by atoms with Gasteiger partial charge in [-0.1, -0.05) is 30.3 Å². The second-order valence-corrected chi connectivity index (χ2v) is 8.21. The maximum Gasteiger partial charge on any atom is 0.191 e. The molecule has 0 amide bonds. The van der Waals surface area contributed by atoms with Gasteiger partial charge in [0.05, 0.1) is 25.4 Å². The maximum absolute atomic E-state index is 10.8. The number of hydrogen-bond acceptors (Lipinski definition) is 5. The largest absolute Gasteiger partial charge is 0.387 e. The zero-order valence-corrected chi connectivity index (χ0v) is 18.5. The number of nitrogens with zero attached hydrogens (tertiary/aromatic N) is 3. The Morgan fingerprint density at radius 3 is 2.62 bits per heavy atom. The highest BCUT2D eigenvalue weighted by Gasteiger charge is 2.25. The fraction of sp³-hybridized carbons (Fsp3) is 0.682. The Hall–Kier alpha value is -1.67. The predicted molar refractivity (Wildman–Crippen MR) is 119 cm³/mol. The van der Waals surface area contributed by atoms with Gasteiger partial charge in [0.25, 0.3) is 0 Å². The Morgan fingerprint density at radius 2 is 1.97 bits per heavy atom. The molecule has 164 valence electrons. The van der Waals surface area contributed by atoms with E-state index >= 15 is 0 Å². The third-order valence-electron chi connectivity index (χ3n) is 5.18. The summed E-state index contributed by atoms with van der Waals surface area (Å²) in [6.07, 6.45) is 0. The quantitative estimate of drug-likeness (QED) is 0.401.